The summed E-state index contributed by atoms with van der Waals surface area (Å²) >= 11 is 3.49. The molecule has 102 valence electrons. The van der Waals surface area contributed by atoms with E-state index in [4.69, 9.17) is 5.73 Å². The summed E-state index contributed by atoms with van der Waals surface area (Å²) in [7, 11) is 0. The van der Waals surface area contributed by atoms with Crippen LogP contribution in [0.25, 0.3) is 0 Å². The smallest absolute Gasteiger partial charge is 0.123 e. The third-order valence-corrected chi connectivity index (χ3v) is 3.91. The van der Waals surface area contributed by atoms with Gasteiger partial charge in [-0.1, -0.05) is 36.2 Å². The highest BCUT2D eigenvalue weighted by Gasteiger charge is 2.20. The van der Waals surface area contributed by atoms with Crippen LogP contribution in [0, 0.1) is 5.82 Å². The molecule has 1 atom stereocenters. The summed E-state index contributed by atoms with van der Waals surface area (Å²) in [5.74, 6) is -0.210. The Morgan fingerprint density at radius 3 is 2.67 bits per heavy atom. The van der Waals surface area contributed by atoms with Crippen molar-refractivity contribution in [1.82, 2.24) is 4.90 Å². The third kappa shape index (κ3) is 4.04. The molecule has 0 aliphatic heterocycles. The Morgan fingerprint density at radius 2 is 2.11 bits per heavy atom. The topological polar surface area (TPSA) is 29.3 Å². The lowest BCUT2D eigenvalue weighted by Crippen LogP contribution is -2.34. The van der Waals surface area contributed by atoms with E-state index in [0.717, 1.165) is 36.0 Å². The van der Waals surface area contributed by atoms with Crippen LogP contribution >= 0.6 is 15.9 Å². The van der Waals surface area contributed by atoms with E-state index in [9.17, 15) is 4.39 Å². The molecule has 0 saturated heterocycles. The molecule has 4 heteroatoms. The van der Waals surface area contributed by atoms with Crippen LogP contribution in [0.4, 0.5) is 4.39 Å². The number of hydrogen-bond acceptors (Lipinski definition) is 2. The molecular weight excluding hydrogens is 295 g/mol. The van der Waals surface area contributed by atoms with Crippen LogP contribution in [0.3, 0.4) is 0 Å². The van der Waals surface area contributed by atoms with Crippen molar-refractivity contribution in [2.45, 2.75) is 32.7 Å². The molecule has 0 fully saturated rings. The van der Waals surface area contributed by atoms with Crippen molar-refractivity contribution in [1.29, 1.82) is 0 Å². The fourth-order valence-corrected chi connectivity index (χ4v) is 2.65. The summed E-state index contributed by atoms with van der Waals surface area (Å²) in [6.45, 7) is 6.71. The van der Waals surface area contributed by atoms with Crippen molar-refractivity contribution >= 4 is 15.9 Å². The normalized spacial score (nSPS) is 13.0. The van der Waals surface area contributed by atoms with E-state index in [2.05, 4.69) is 34.7 Å². The number of hydrogen-bond donors (Lipinski definition) is 1. The molecule has 18 heavy (non-hydrogen) atoms. The summed E-state index contributed by atoms with van der Waals surface area (Å²) in [5, 5.41) is 0. The van der Waals surface area contributed by atoms with Gasteiger partial charge in [-0.05, 0) is 43.3 Å². The lowest BCUT2D eigenvalue weighted by molar-refractivity contribution is 0.208. The SMILES string of the molecule is CCCCN(CC)C(CN)c1cc(F)ccc1Br. The van der Waals surface area contributed by atoms with E-state index in [1.165, 1.54) is 6.07 Å². The second kappa shape index (κ2) is 7.87. The second-order valence-corrected chi connectivity index (χ2v) is 5.25. The maximum Gasteiger partial charge on any atom is 0.123 e. The van der Waals surface area contributed by atoms with E-state index in [0.29, 0.717) is 6.54 Å². The van der Waals surface area contributed by atoms with E-state index < -0.39 is 0 Å². The van der Waals surface area contributed by atoms with Crippen molar-refractivity contribution in [2.75, 3.05) is 19.6 Å². The van der Waals surface area contributed by atoms with E-state index in [1.807, 2.05) is 0 Å². The zero-order valence-corrected chi connectivity index (χ0v) is 12.7. The molecule has 2 N–H and O–H groups in total. The standard InChI is InChI=1S/C14H22BrFN2/c1-3-5-8-18(4-2)14(10-17)12-9-11(16)6-7-13(12)15/h6-7,9,14H,3-5,8,10,17H2,1-2H3. The Bertz CT molecular complexity index is 371. The van der Waals surface area contributed by atoms with Gasteiger partial charge in [-0.25, -0.2) is 4.39 Å². The average molecular weight is 317 g/mol. The minimum Gasteiger partial charge on any atom is -0.329 e. The number of likely N-dealkylation sites (N-methyl/N-ethyl adjacent to an activating group) is 1. The molecule has 2 nitrogen and oxygen atoms in total. The molecule has 1 rings (SSSR count). The average Bonchev–Trinajstić information content (AvgIpc) is 2.38. The Balaban J connectivity index is 2.95. The maximum absolute atomic E-state index is 13.4. The molecule has 0 amide bonds. The highest BCUT2D eigenvalue weighted by atomic mass is 79.9. The fraction of sp³-hybridized carbons (Fsp3) is 0.571. The predicted octanol–water partition coefficient (Wildman–Crippen LogP) is 3.71. The quantitative estimate of drug-likeness (QED) is 0.831. The number of nitrogens with two attached hydrogens (primary N) is 1. The molecular formula is C14H22BrFN2. The first kappa shape index (κ1) is 15.6. The van der Waals surface area contributed by atoms with Gasteiger partial charge in [0.05, 0.1) is 0 Å². The molecule has 0 radical (unpaired) electrons. The molecule has 0 saturated carbocycles. The summed E-state index contributed by atoms with van der Waals surface area (Å²) in [4.78, 5) is 2.31. The molecule has 1 aromatic rings. The summed E-state index contributed by atoms with van der Waals surface area (Å²) in [5.41, 5.74) is 6.83. The van der Waals surface area contributed by atoms with Crippen LogP contribution in [-0.4, -0.2) is 24.5 Å². The molecule has 0 aliphatic carbocycles. The van der Waals surface area contributed by atoms with Gasteiger partial charge in [0.15, 0.2) is 0 Å². The second-order valence-electron chi connectivity index (χ2n) is 4.40. The number of unbranched alkanes of at least 4 members (excludes halogenated alkanes) is 1. The maximum atomic E-state index is 13.4. The number of nitrogens with zero attached hydrogens (tertiary/aromatic N) is 1. The van der Waals surface area contributed by atoms with Gasteiger partial charge in [-0.15, -0.1) is 0 Å². The number of halogens is 2. The van der Waals surface area contributed by atoms with Crippen LogP contribution < -0.4 is 5.73 Å². The van der Waals surface area contributed by atoms with Gasteiger partial charge in [-0.3, -0.25) is 4.90 Å². The molecule has 0 bridgehead atoms. The largest absolute Gasteiger partial charge is 0.329 e. The molecule has 0 spiro atoms. The lowest BCUT2D eigenvalue weighted by atomic mass is 10.0. The Morgan fingerprint density at radius 1 is 1.39 bits per heavy atom. The van der Waals surface area contributed by atoms with Gasteiger partial charge < -0.3 is 5.73 Å². The molecule has 1 unspecified atom stereocenters. The molecule has 1 aromatic carbocycles. The van der Waals surface area contributed by atoms with E-state index in [-0.39, 0.29) is 11.9 Å². The zero-order chi connectivity index (χ0) is 13.5. The van der Waals surface area contributed by atoms with Crippen molar-refractivity contribution in [3.63, 3.8) is 0 Å². The van der Waals surface area contributed by atoms with E-state index >= 15 is 0 Å². The van der Waals surface area contributed by atoms with Gasteiger partial charge in [0, 0.05) is 17.1 Å². The van der Waals surface area contributed by atoms with Crippen LogP contribution in [0.2, 0.25) is 0 Å². The van der Waals surface area contributed by atoms with Crippen LogP contribution in [0.15, 0.2) is 22.7 Å². The van der Waals surface area contributed by atoms with Gasteiger partial charge in [-0.2, -0.15) is 0 Å². The Kier molecular flexibility index (Phi) is 6.82. The van der Waals surface area contributed by atoms with Crippen LogP contribution in [-0.2, 0) is 0 Å². The zero-order valence-electron chi connectivity index (χ0n) is 11.1. The van der Waals surface area contributed by atoms with Gasteiger partial charge in [0.2, 0.25) is 0 Å². The van der Waals surface area contributed by atoms with Crippen LogP contribution in [0.5, 0.6) is 0 Å². The van der Waals surface area contributed by atoms with Crippen molar-refractivity contribution < 1.29 is 4.39 Å². The highest BCUT2D eigenvalue weighted by molar-refractivity contribution is 9.10. The molecule has 0 aliphatic rings. The van der Waals surface area contributed by atoms with E-state index in [1.54, 1.807) is 12.1 Å². The Hall–Kier alpha value is -0.450. The van der Waals surface area contributed by atoms with Gasteiger partial charge in [0.1, 0.15) is 5.82 Å². The van der Waals surface area contributed by atoms with Crippen molar-refractivity contribution in [2.24, 2.45) is 5.73 Å². The number of rotatable bonds is 7. The highest BCUT2D eigenvalue weighted by Crippen LogP contribution is 2.28. The van der Waals surface area contributed by atoms with Crippen molar-refractivity contribution in [3.05, 3.63) is 34.1 Å². The number of benzene rings is 1. The summed E-state index contributed by atoms with van der Waals surface area (Å²) < 4.78 is 14.3. The van der Waals surface area contributed by atoms with Gasteiger partial charge >= 0.3 is 0 Å². The Labute approximate surface area is 117 Å². The fourth-order valence-electron chi connectivity index (χ4n) is 2.14. The lowest BCUT2D eigenvalue weighted by Gasteiger charge is -2.30. The molecule has 0 heterocycles. The first-order chi connectivity index (χ1) is 8.63. The van der Waals surface area contributed by atoms with Crippen LogP contribution in [0.1, 0.15) is 38.3 Å². The third-order valence-electron chi connectivity index (χ3n) is 3.19. The first-order valence-electron chi connectivity index (χ1n) is 6.53. The summed E-state index contributed by atoms with van der Waals surface area (Å²) in [6.07, 6.45) is 2.29. The minimum absolute atomic E-state index is 0.0756. The minimum atomic E-state index is -0.210. The summed E-state index contributed by atoms with van der Waals surface area (Å²) in [6, 6.07) is 4.87. The molecule has 0 aromatic heterocycles. The predicted molar refractivity (Wildman–Crippen MR) is 78.1 cm³/mol. The monoisotopic (exact) mass is 316 g/mol. The first-order valence-corrected chi connectivity index (χ1v) is 7.32. The van der Waals surface area contributed by atoms with Gasteiger partial charge in [0.25, 0.3) is 0 Å². The van der Waals surface area contributed by atoms with Crippen molar-refractivity contribution in [3.8, 4) is 0 Å².